The summed E-state index contributed by atoms with van der Waals surface area (Å²) < 4.78 is 0. The summed E-state index contributed by atoms with van der Waals surface area (Å²) >= 11 is 0. The van der Waals surface area contributed by atoms with Crippen LogP contribution in [-0.4, -0.2) is 19.0 Å². The molecule has 0 aromatic carbocycles. The number of hydrogen-bond donors (Lipinski definition) is 2. The van der Waals surface area contributed by atoms with E-state index in [1.807, 2.05) is 20.8 Å². The quantitative estimate of drug-likeness (QED) is 0.691. The Bertz CT molecular complexity index is 161. The molecule has 1 amide bonds. The van der Waals surface area contributed by atoms with Crippen molar-refractivity contribution in [3.8, 4) is 0 Å². The summed E-state index contributed by atoms with van der Waals surface area (Å²) in [5.41, 5.74) is 5.12. The number of carbonyl (C=O) groups excluding carboxylic acids is 1. The second-order valence-electron chi connectivity index (χ2n) is 4.64. The molecule has 1 unspecified atom stereocenters. The summed E-state index contributed by atoms with van der Waals surface area (Å²) in [7, 11) is 0. The maximum absolute atomic E-state index is 11.4. The summed E-state index contributed by atoms with van der Waals surface area (Å²) in [5.74, 6) is 0.577. The molecule has 3 heteroatoms. The number of carbonyl (C=O) groups is 1. The Morgan fingerprint density at radius 2 is 2.00 bits per heavy atom. The van der Waals surface area contributed by atoms with E-state index in [9.17, 15) is 4.79 Å². The molecule has 0 saturated heterocycles. The Labute approximate surface area is 81.1 Å². The fourth-order valence-corrected chi connectivity index (χ4v) is 0.919. The number of rotatable bonds is 4. The van der Waals surface area contributed by atoms with Gasteiger partial charge in [0.1, 0.15) is 0 Å². The van der Waals surface area contributed by atoms with E-state index < -0.39 is 0 Å². The fourth-order valence-electron chi connectivity index (χ4n) is 0.919. The van der Waals surface area contributed by atoms with Gasteiger partial charge in [-0.2, -0.15) is 0 Å². The number of nitrogens with one attached hydrogen (secondary N) is 1. The lowest BCUT2D eigenvalue weighted by atomic mass is 9.95. The minimum Gasteiger partial charge on any atom is -0.355 e. The van der Waals surface area contributed by atoms with Crippen LogP contribution < -0.4 is 11.1 Å². The lowest BCUT2D eigenvalue weighted by Gasteiger charge is -2.19. The van der Waals surface area contributed by atoms with Gasteiger partial charge < -0.3 is 11.1 Å². The molecule has 1 atom stereocenters. The standard InChI is InChI=1S/C10H22N2O/c1-8(5-6-11)7-12-9(13)10(2,3)4/h8H,5-7,11H2,1-4H3,(H,12,13). The van der Waals surface area contributed by atoms with Crippen molar-refractivity contribution in [2.24, 2.45) is 17.1 Å². The van der Waals surface area contributed by atoms with Crippen LogP contribution in [0, 0.1) is 11.3 Å². The summed E-state index contributed by atoms with van der Waals surface area (Å²) in [6.45, 7) is 9.25. The molecule has 0 aromatic heterocycles. The van der Waals surface area contributed by atoms with Crippen LogP contribution >= 0.6 is 0 Å². The van der Waals surface area contributed by atoms with Gasteiger partial charge in [0, 0.05) is 12.0 Å². The van der Waals surface area contributed by atoms with Gasteiger partial charge in [0.15, 0.2) is 0 Å². The van der Waals surface area contributed by atoms with Crippen molar-refractivity contribution < 1.29 is 4.79 Å². The van der Waals surface area contributed by atoms with Crippen LogP contribution in [0.25, 0.3) is 0 Å². The summed E-state index contributed by atoms with van der Waals surface area (Å²) in [6.07, 6.45) is 0.963. The average Bonchev–Trinajstić information content (AvgIpc) is 1.99. The van der Waals surface area contributed by atoms with Crippen LogP contribution in [0.3, 0.4) is 0 Å². The Morgan fingerprint density at radius 3 is 2.38 bits per heavy atom. The van der Waals surface area contributed by atoms with E-state index in [-0.39, 0.29) is 11.3 Å². The second kappa shape index (κ2) is 5.22. The lowest BCUT2D eigenvalue weighted by molar-refractivity contribution is -0.128. The third-order valence-electron chi connectivity index (χ3n) is 1.95. The fraction of sp³-hybridized carbons (Fsp3) is 0.900. The van der Waals surface area contributed by atoms with Crippen molar-refractivity contribution in [3.05, 3.63) is 0 Å². The van der Waals surface area contributed by atoms with Crippen LogP contribution in [-0.2, 0) is 4.79 Å². The molecule has 3 N–H and O–H groups in total. The maximum Gasteiger partial charge on any atom is 0.225 e. The molecule has 0 fully saturated rings. The van der Waals surface area contributed by atoms with Gasteiger partial charge >= 0.3 is 0 Å². The van der Waals surface area contributed by atoms with Gasteiger partial charge in [-0.3, -0.25) is 4.79 Å². The molecule has 0 aliphatic carbocycles. The highest BCUT2D eigenvalue weighted by Crippen LogP contribution is 2.12. The first kappa shape index (κ1) is 12.4. The largest absolute Gasteiger partial charge is 0.355 e. The Kier molecular flexibility index (Phi) is 4.99. The molecular formula is C10H22N2O. The SMILES string of the molecule is CC(CCN)CNC(=O)C(C)(C)C. The topological polar surface area (TPSA) is 55.1 Å². The van der Waals surface area contributed by atoms with Crippen molar-refractivity contribution in [1.82, 2.24) is 5.32 Å². The zero-order chi connectivity index (χ0) is 10.5. The highest BCUT2D eigenvalue weighted by Gasteiger charge is 2.20. The molecule has 0 rings (SSSR count). The first-order valence-electron chi connectivity index (χ1n) is 4.86. The molecule has 0 aliphatic rings. The van der Waals surface area contributed by atoms with Crippen molar-refractivity contribution >= 4 is 5.91 Å². The van der Waals surface area contributed by atoms with E-state index in [0.717, 1.165) is 13.0 Å². The molecule has 0 aliphatic heterocycles. The van der Waals surface area contributed by atoms with Crippen molar-refractivity contribution in [2.75, 3.05) is 13.1 Å². The van der Waals surface area contributed by atoms with E-state index in [0.29, 0.717) is 12.5 Å². The van der Waals surface area contributed by atoms with Crippen LogP contribution in [0.2, 0.25) is 0 Å². The molecule has 0 saturated carbocycles. The Hall–Kier alpha value is -0.570. The predicted octanol–water partition coefficient (Wildman–Crippen LogP) is 1.13. The zero-order valence-electron chi connectivity index (χ0n) is 9.18. The molecule has 0 bridgehead atoms. The summed E-state index contributed by atoms with van der Waals surface area (Å²) in [6, 6.07) is 0. The van der Waals surface area contributed by atoms with Crippen molar-refractivity contribution in [2.45, 2.75) is 34.1 Å². The smallest absolute Gasteiger partial charge is 0.225 e. The van der Waals surface area contributed by atoms with Gasteiger partial charge in [-0.05, 0) is 18.9 Å². The van der Waals surface area contributed by atoms with Crippen LogP contribution in [0.5, 0.6) is 0 Å². The molecule has 3 nitrogen and oxygen atoms in total. The lowest BCUT2D eigenvalue weighted by Crippen LogP contribution is -2.37. The van der Waals surface area contributed by atoms with Crippen LogP contribution in [0.15, 0.2) is 0 Å². The molecular weight excluding hydrogens is 164 g/mol. The Morgan fingerprint density at radius 1 is 1.46 bits per heavy atom. The van der Waals surface area contributed by atoms with Crippen molar-refractivity contribution in [1.29, 1.82) is 0 Å². The van der Waals surface area contributed by atoms with Gasteiger partial charge in [0.2, 0.25) is 5.91 Å². The third kappa shape index (κ3) is 5.64. The predicted molar refractivity (Wildman–Crippen MR) is 55.3 cm³/mol. The molecule has 0 heterocycles. The monoisotopic (exact) mass is 186 g/mol. The number of nitrogens with two attached hydrogens (primary N) is 1. The first-order valence-corrected chi connectivity index (χ1v) is 4.86. The van der Waals surface area contributed by atoms with Gasteiger partial charge in [-0.25, -0.2) is 0 Å². The van der Waals surface area contributed by atoms with Gasteiger partial charge in [-0.1, -0.05) is 27.7 Å². The Balaban J connectivity index is 3.71. The number of hydrogen-bond acceptors (Lipinski definition) is 2. The average molecular weight is 186 g/mol. The first-order chi connectivity index (χ1) is 5.88. The van der Waals surface area contributed by atoms with E-state index >= 15 is 0 Å². The summed E-state index contributed by atoms with van der Waals surface area (Å²) in [5, 5.41) is 2.91. The van der Waals surface area contributed by atoms with Crippen molar-refractivity contribution in [3.63, 3.8) is 0 Å². The third-order valence-corrected chi connectivity index (χ3v) is 1.95. The van der Waals surface area contributed by atoms with Crippen LogP contribution in [0.1, 0.15) is 34.1 Å². The zero-order valence-corrected chi connectivity index (χ0v) is 9.18. The maximum atomic E-state index is 11.4. The molecule has 0 spiro atoms. The van der Waals surface area contributed by atoms with E-state index in [1.54, 1.807) is 0 Å². The minimum atomic E-state index is -0.289. The van der Waals surface area contributed by atoms with E-state index in [1.165, 1.54) is 0 Å². The normalized spacial score (nSPS) is 13.9. The van der Waals surface area contributed by atoms with E-state index in [4.69, 9.17) is 5.73 Å². The molecule has 0 radical (unpaired) electrons. The second-order valence-corrected chi connectivity index (χ2v) is 4.64. The van der Waals surface area contributed by atoms with Crippen LogP contribution in [0.4, 0.5) is 0 Å². The molecule has 78 valence electrons. The van der Waals surface area contributed by atoms with Gasteiger partial charge in [-0.15, -0.1) is 0 Å². The highest BCUT2D eigenvalue weighted by atomic mass is 16.2. The molecule has 0 aromatic rings. The summed E-state index contributed by atoms with van der Waals surface area (Å²) in [4.78, 5) is 11.4. The minimum absolute atomic E-state index is 0.108. The van der Waals surface area contributed by atoms with Gasteiger partial charge in [0.05, 0.1) is 0 Å². The van der Waals surface area contributed by atoms with E-state index in [2.05, 4.69) is 12.2 Å². The van der Waals surface area contributed by atoms with Gasteiger partial charge in [0.25, 0.3) is 0 Å². The highest BCUT2D eigenvalue weighted by molar-refractivity contribution is 5.81. The number of amides is 1. The molecule has 13 heavy (non-hydrogen) atoms.